The number of likely N-dealkylation sites (tertiary alicyclic amines) is 1. The molecule has 1 saturated carbocycles. The van der Waals surface area contributed by atoms with E-state index in [4.69, 9.17) is 0 Å². The van der Waals surface area contributed by atoms with Crippen LogP contribution in [0.15, 0.2) is 6.07 Å². The average Bonchev–Trinajstić information content (AvgIpc) is 3.24. The Balaban J connectivity index is 1.47. The molecule has 1 aromatic rings. The Labute approximate surface area is 148 Å². The minimum absolute atomic E-state index is 0.0151. The molecule has 2 amide bonds. The van der Waals surface area contributed by atoms with Gasteiger partial charge in [-0.1, -0.05) is 12.8 Å². The van der Waals surface area contributed by atoms with Crippen LogP contribution in [-0.4, -0.2) is 50.8 Å². The Hall–Kier alpha value is -1.89. The number of amides is 2. The third-order valence-corrected chi connectivity index (χ3v) is 5.32. The van der Waals surface area contributed by atoms with E-state index in [2.05, 4.69) is 10.4 Å². The quantitative estimate of drug-likeness (QED) is 0.849. The van der Waals surface area contributed by atoms with Crippen LogP contribution in [0.4, 0.5) is 5.82 Å². The lowest BCUT2D eigenvalue weighted by atomic mass is 10.0. The molecule has 2 aliphatic rings. The van der Waals surface area contributed by atoms with E-state index in [0.29, 0.717) is 37.7 Å². The number of piperidine rings is 1. The number of hydrogen-bond donors (Lipinski definition) is 2. The topological polar surface area (TPSA) is 87.5 Å². The number of hydrogen-bond acceptors (Lipinski definition) is 4. The Kier molecular flexibility index (Phi) is 5.73. The van der Waals surface area contributed by atoms with Crippen molar-refractivity contribution in [2.75, 3.05) is 18.4 Å². The second kappa shape index (κ2) is 7.99. The van der Waals surface area contributed by atoms with Gasteiger partial charge in [0.15, 0.2) is 0 Å². The largest absolute Gasteiger partial charge is 0.393 e. The van der Waals surface area contributed by atoms with Crippen LogP contribution in [0, 0.1) is 0 Å². The summed E-state index contributed by atoms with van der Waals surface area (Å²) in [6, 6.07) is 1.96. The minimum atomic E-state index is -0.300. The number of aliphatic hydroxyl groups is 1. The fourth-order valence-electron chi connectivity index (χ4n) is 3.73. The predicted molar refractivity (Wildman–Crippen MR) is 94.1 cm³/mol. The molecule has 2 fully saturated rings. The molecule has 0 radical (unpaired) electrons. The summed E-state index contributed by atoms with van der Waals surface area (Å²) in [5.74, 6) is 1.03. The van der Waals surface area contributed by atoms with Gasteiger partial charge in [-0.15, -0.1) is 0 Å². The molecule has 0 unspecified atom stereocenters. The third kappa shape index (κ3) is 4.60. The maximum atomic E-state index is 12.2. The molecule has 0 spiro atoms. The molecule has 1 saturated heterocycles. The molecule has 0 atom stereocenters. The number of nitrogens with zero attached hydrogens (tertiary/aromatic N) is 3. The van der Waals surface area contributed by atoms with Crippen molar-refractivity contribution in [2.24, 2.45) is 7.05 Å². The lowest BCUT2D eigenvalue weighted by Crippen LogP contribution is -2.40. The van der Waals surface area contributed by atoms with Gasteiger partial charge >= 0.3 is 0 Å². The van der Waals surface area contributed by atoms with Gasteiger partial charge in [-0.05, 0) is 25.7 Å². The lowest BCUT2D eigenvalue weighted by Gasteiger charge is -2.29. The zero-order valence-corrected chi connectivity index (χ0v) is 14.9. The number of aliphatic hydroxyl groups excluding tert-OH is 1. The Morgan fingerprint density at radius 3 is 2.56 bits per heavy atom. The van der Waals surface area contributed by atoms with Crippen molar-refractivity contribution < 1.29 is 14.7 Å². The summed E-state index contributed by atoms with van der Waals surface area (Å²) in [6.45, 7) is 1.15. The van der Waals surface area contributed by atoms with Crippen molar-refractivity contribution >= 4 is 17.6 Å². The smallest absolute Gasteiger partial charge is 0.226 e. The van der Waals surface area contributed by atoms with Crippen molar-refractivity contribution in [3.05, 3.63) is 11.8 Å². The van der Waals surface area contributed by atoms with E-state index in [1.807, 2.05) is 13.1 Å². The first-order chi connectivity index (χ1) is 12.0. The third-order valence-electron chi connectivity index (χ3n) is 5.32. The molecule has 1 aromatic heterocycles. The van der Waals surface area contributed by atoms with E-state index in [9.17, 15) is 14.7 Å². The second-order valence-electron chi connectivity index (χ2n) is 7.22. The van der Waals surface area contributed by atoms with E-state index in [1.165, 1.54) is 25.7 Å². The van der Waals surface area contributed by atoms with Gasteiger partial charge in [-0.25, -0.2) is 0 Å². The van der Waals surface area contributed by atoms with E-state index in [1.54, 1.807) is 9.58 Å². The van der Waals surface area contributed by atoms with Crippen molar-refractivity contribution in [1.82, 2.24) is 14.7 Å². The lowest BCUT2D eigenvalue weighted by molar-refractivity contribution is -0.134. The fraction of sp³-hybridized carbons (Fsp3) is 0.722. The minimum Gasteiger partial charge on any atom is -0.393 e. The van der Waals surface area contributed by atoms with Crippen LogP contribution >= 0.6 is 0 Å². The summed E-state index contributed by atoms with van der Waals surface area (Å²) in [4.78, 5) is 26.1. The highest BCUT2D eigenvalue weighted by atomic mass is 16.3. The first-order valence-electron chi connectivity index (χ1n) is 9.32. The van der Waals surface area contributed by atoms with Gasteiger partial charge in [0.25, 0.3) is 0 Å². The number of nitrogens with one attached hydrogen (secondary N) is 1. The number of rotatable bonds is 5. The summed E-state index contributed by atoms with van der Waals surface area (Å²) in [7, 11) is 1.83. The highest BCUT2D eigenvalue weighted by molar-refractivity contribution is 5.92. The number of anilines is 1. The van der Waals surface area contributed by atoms with Crippen LogP contribution in [0.25, 0.3) is 0 Å². The molecule has 138 valence electrons. The highest BCUT2D eigenvalue weighted by Gasteiger charge is 2.23. The van der Waals surface area contributed by atoms with Crippen LogP contribution in [0.3, 0.4) is 0 Å². The van der Waals surface area contributed by atoms with E-state index < -0.39 is 0 Å². The number of aryl methyl sites for hydroxylation is 1. The van der Waals surface area contributed by atoms with Gasteiger partial charge in [0.05, 0.1) is 11.8 Å². The summed E-state index contributed by atoms with van der Waals surface area (Å²) >= 11 is 0. The van der Waals surface area contributed by atoms with Gasteiger partial charge in [0.2, 0.25) is 11.8 Å². The van der Waals surface area contributed by atoms with Gasteiger partial charge in [-0.3, -0.25) is 14.3 Å². The van der Waals surface area contributed by atoms with Crippen LogP contribution in [0.5, 0.6) is 0 Å². The van der Waals surface area contributed by atoms with Gasteiger partial charge in [0, 0.05) is 45.0 Å². The molecule has 25 heavy (non-hydrogen) atoms. The fourth-order valence-corrected chi connectivity index (χ4v) is 3.73. The highest BCUT2D eigenvalue weighted by Crippen LogP contribution is 2.34. The zero-order chi connectivity index (χ0) is 17.8. The monoisotopic (exact) mass is 348 g/mol. The van der Waals surface area contributed by atoms with Crippen LogP contribution in [0.2, 0.25) is 0 Å². The van der Waals surface area contributed by atoms with E-state index >= 15 is 0 Å². The molecule has 7 nitrogen and oxygen atoms in total. The van der Waals surface area contributed by atoms with Gasteiger partial charge in [-0.2, -0.15) is 5.10 Å². The Morgan fingerprint density at radius 2 is 1.88 bits per heavy atom. The van der Waals surface area contributed by atoms with Crippen LogP contribution in [0.1, 0.15) is 63.0 Å². The SMILES string of the molecule is Cn1nc(C2CCCC2)cc1NC(=O)CCC(=O)N1CCC(O)CC1. The normalized spacial score (nSPS) is 19.4. The molecule has 1 aliphatic carbocycles. The molecule has 0 aromatic carbocycles. The summed E-state index contributed by atoms with van der Waals surface area (Å²) < 4.78 is 1.71. The molecule has 2 heterocycles. The Bertz CT molecular complexity index is 614. The number of carbonyl (C=O) groups excluding carboxylic acids is 2. The maximum absolute atomic E-state index is 12.2. The first-order valence-corrected chi connectivity index (χ1v) is 9.32. The van der Waals surface area contributed by atoms with Gasteiger partial charge < -0.3 is 15.3 Å². The average molecular weight is 348 g/mol. The molecular weight excluding hydrogens is 320 g/mol. The van der Waals surface area contributed by atoms with Crippen LogP contribution in [-0.2, 0) is 16.6 Å². The second-order valence-corrected chi connectivity index (χ2v) is 7.22. The molecule has 1 aliphatic heterocycles. The van der Waals surface area contributed by atoms with Gasteiger partial charge in [0.1, 0.15) is 5.82 Å². The number of carbonyl (C=O) groups is 2. The maximum Gasteiger partial charge on any atom is 0.226 e. The summed E-state index contributed by atoms with van der Waals surface area (Å²) in [5.41, 5.74) is 1.05. The summed E-state index contributed by atoms with van der Waals surface area (Å²) in [5, 5.41) is 16.9. The standard InChI is InChI=1S/C18H28N4O3/c1-21-16(12-15(20-21)13-4-2-3-5-13)19-17(24)6-7-18(25)22-10-8-14(23)9-11-22/h12-14,23H,2-11H2,1H3,(H,19,24). The van der Waals surface area contributed by atoms with E-state index in [-0.39, 0.29) is 30.8 Å². The molecule has 0 bridgehead atoms. The molecule has 2 N–H and O–H groups in total. The predicted octanol–water partition coefficient (Wildman–Crippen LogP) is 1.78. The van der Waals surface area contributed by atoms with Crippen molar-refractivity contribution in [3.8, 4) is 0 Å². The van der Waals surface area contributed by atoms with Crippen molar-refractivity contribution in [1.29, 1.82) is 0 Å². The zero-order valence-electron chi connectivity index (χ0n) is 14.9. The Morgan fingerprint density at radius 1 is 1.20 bits per heavy atom. The molecule has 7 heteroatoms. The van der Waals surface area contributed by atoms with E-state index in [0.717, 1.165) is 5.69 Å². The number of aromatic nitrogens is 2. The molecular formula is C18H28N4O3. The van der Waals surface area contributed by atoms with Crippen molar-refractivity contribution in [3.63, 3.8) is 0 Å². The molecule has 3 rings (SSSR count). The van der Waals surface area contributed by atoms with Crippen LogP contribution < -0.4 is 5.32 Å². The first kappa shape index (κ1) is 17.9. The van der Waals surface area contributed by atoms with Crippen molar-refractivity contribution in [2.45, 2.75) is 63.4 Å². The summed E-state index contributed by atoms with van der Waals surface area (Å²) in [6.07, 6.45) is 6.15.